The quantitative estimate of drug-likeness (QED) is 0.878. The normalized spacial score (nSPS) is 24.7. The fourth-order valence-corrected chi connectivity index (χ4v) is 3.67. The van der Waals surface area contributed by atoms with Crippen molar-refractivity contribution in [2.75, 3.05) is 6.54 Å². The Kier molecular flexibility index (Phi) is 5.41. The van der Waals surface area contributed by atoms with E-state index < -0.39 is 10.0 Å². The minimum absolute atomic E-state index is 0.126. The molecule has 1 fully saturated rings. The Hall–Kier alpha value is -0.910. The molecule has 118 valence electrons. The molecule has 3 N–H and O–H groups in total. The largest absolute Gasteiger partial charge is 0.310 e. The van der Waals surface area contributed by atoms with Crippen molar-refractivity contribution in [3.8, 4) is 0 Å². The lowest BCUT2D eigenvalue weighted by Gasteiger charge is -2.30. The molecule has 1 aromatic carbocycles. The molecule has 0 spiro atoms. The molecular weight excluding hydrogens is 284 g/mol. The highest BCUT2D eigenvalue weighted by atomic mass is 32.2. The number of rotatable bonds is 5. The van der Waals surface area contributed by atoms with Gasteiger partial charge in [-0.05, 0) is 49.4 Å². The van der Waals surface area contributed by atoms with Gasteiger partial charge in [-0.25, -0.2) is 13.6 Å². The zero-order chi connectivity index (χ0) is 15.5. The standard InChI is InChI=1S/C16H26N2O2S/c1-12-6-3-4-7-15(12)11-18-13(2)14-8-5-9-16(10-14)21(17,19)20/h5,8-10,12-13,15,18H,3-4,6-7,11H2,1-2H3,(H2,17,19,20). The van der Waals surface area contributed by atoms with Gasteiger partial charge in [-0.3, -0.25) is 0 Å². The molecule has 1 saturated carbocycles. The highest BCUT2D eigenvalue weighted by molar-refractivity contribution is 7.89. The first kappa shape index (κ1) is 16.5. The lowest BCUT2D eigenvalue weighted by Crippen LogP contribution is -2.31. The fraction of sp³-hybridized carbons (Fsp3) is 0.625. The summed E-state index contributed by atoms with van der Waals surface area (Å²) in [7, 11) is -3.63. The van der Waals surface area contributed by atoms with Crippen molar-refractivity contribution >= 4 is 10.0 Å². The summed E-state index contributed by atoms with van der Waals surface area (Å²) in [6.07, 6.45) is 5.29. The Labute approximate surface area is 128 Å². The van der Waals surface area contributed by atoms with E-state index in [9.17, 15) is 8.42 Å². The average molecular weight is 310 g/mol. The summed E-state index contributed by atoms with van der Waals surface area (Å²) in [6, 6.07) is 7.01. The highest BCUT2D eigenvalue weighted by Gasteiger charge is 2.21. The van der Waals surface area contributed by atoms with Crippen LogP contribution in [-0.4, -0.2) is 15.0 Å². The summed E-state index contributed by atoms with van der Waals surface area (Å²) in [5.41, 5.74) is 0.963. The molecule has 0 heterocycles. The van der Waals surface area contributed by atoms with E-state index in [0.29, 0.717) is 0 Å². The van der Waals surface area contributed by atoms with Crippen molar-refractivity contribution < 1.29 is 8.42 Å². The van der Waals surface area contributed by atoms with Gasteiger partial charge in [0.2, 0.25) is 10.0 Å². The van der Waals surface area contributed by atoms with Crippen molar-refractivity contribution in [2.24, 2.45) is 17.0 Å². The second-order valence-corrected chi connectivity index (χ2v) is 7.83. The van der Waals surface area contributed by atoms with Gasteiger partial charge in [0.25, 0.3) is 0 Å². The molecule has 2 rings (SSSR count). The van der Waals surface area contributed by atoms with Gasteiger partial charge in [-0.15, -0.1) is 0 Å². The van der Waals surface area contributed by atoms with E-state index in [1.807, 2.05) is 6.07 Å². The van der Waals surface area contributed by atoms with Crippen molar-refractivity contribution in [3.05, 3.63) is 29.8 Å². The third kappa shape index (κ3) is 4.53. The van der Waals surface area contributed by atoms with Crippen LogP contribution in [0.5, 0.6) is 0 Å². The van der Waals surface area contributed by atoms with Gasteiger partial charge in [-0.2, -0.15) is 0 Å². The van der Waals surface area contributed by atoms with Gasteiger partial charge in [0.15, 0.2) is 0 Å². The first-order valence-corrected chi connectivity index (χ1v) is 9.28. The van der Waals surface area contributed by atoms with Crippen LogP contribution >= 0.6 is 0 Å². The summed E-state index contributed by atoms with van der Waals surface area (Å²) in [4.78, 5) is 0.180. The van der Waals surface area contributed by atoms with Gasteiger partial charge < -0.3 is 5.32 Å². The van der Waals surface area contributed by atoms with Crippen LogP contribution in [0.15, 0.2) is 29.2 Å². The van der Waals surface area contributed by atoms with Gasteiger partial charge in [0.05, 0.1) is 4.90 Å². The third-order valence-electron chi connectivity index (χ3n) is 4.66. The third-order valence-corrected chi connectivity index (χ3v) is 5.57. The highest BCUT2D eigenvalue weighted by Crippen LogP contribution is 2.29. The molecule has 0 radical (unpaired) electrons. The van der Waals surface area contributed by atoms with E-state index in [4.69, 9.17) is 5.14 Å². The van der Waals surface area contributed by atoms with Gasteiger partial charge in [0.1, 0.15) is 0 Å². The van der Waals surface area contributed by atoms with E-state index in [-0.39, 0.29) is 10.9 Å². The Morgan fingerprint density at radius 3 is 2.71 bits per heavy atom. The molecule has 3 unspecified atom stereocenters. The summed E-state index contributed by atoms with van der Waals surface area (Å²) < 4.78 is 22.8. The second-order valence-electron chi connectivity index (χ2n) is 6.27. The lowest BCUT2D eigenvalue weighted by molar-refractivity contribution is 0.242. The summed E-state index contributed by atoms with van der Waals surface area (Å²) in [5, 5.41) is 8.73. The first-order chi connectivity index (χ1) is 9.88. The molecule has 0 aromatic heterocycles. The molecule has 0 saturated heterocycles. The molecule has 0 amide bonds. The van der Waals surface area contributed by atoms with Gasteiger partial charge in [-0.1, -0.05) is 38.3 Å². The van der Waals surface area contributed by atoms with E-state index in [1.54, 1.807) is 12.1 Å². The van der Waals surface area contributed by atoms with Crippen molar-refractivity contribution in [1.29, 1.82) is 0 Å². The maximum Gasteiger partial charge on any atom is 0.238 e. The van der Waals surface area contributed by atoms with Crippen molar-refractivity contribution in [2.45, 2.75) is 50.5 Å². The minimum Gasteiger partial charge on any atom is -0.310 e. The minimum atomic E-state index is -3.63. The molecule has 0 bridgehead atoms. The monoisotopic (exact) mass is 310 g/mol. The van der Waals surface area contributed by atoms with Crippen LogP contribution in [-0.2, 0) is 10.0 Å². The van der Waals surface area contributed by atoms with Crippen LogP contribution in [0.4, 0.5) is 0 Å². The van der Waals surface area contributed by atoms with Crippen LogP contribution in [0.25, 0.3) is 0 Å². The number of hydrogen-bond donors (Lipinski definition) is 2. The fourth-order valence-electron chi connectivity index (χ4n) is 3.10. The number of benzene rings is 1. The molecule has 1 aliphatic carbocycles. The molecular formula is C16H26N2O2S. The number of sulfonamides is 1. The molecule has 21 heavy (non-hydrogen) atoms. The molecule has 0 aliphatic heterocycles. The van der Waals surface area contributed by atoms with Crippen molar-refractivity contribution in [1.82, 2.24) is 5.32 Å². The average Bonchev–Trinajstić information content (AvgIpc) is 2.45. The predicted octanol–water partition coefficient (Wildman–Crippen LogP) is 2.81. The number of primary sulfonamides is 1. The second kappa shape index (κ2) is 6.90. The molecule has 3 atom stereocenters. The summed E-state index contributed by atoms with van der Waals surface area (Å²) >= 11 is 0. The van der Waals surface area contributed by atoms with Crippen LogP contribution in [0.2, 0.25) is 0 Å². The molecule has 1 aliphatic rings. The lowest BCUT2D eigenvalue weighted by atomic mass is 9.80. The number of hydrogen-bond acceptors (Lipinski definition) is 3. The molecule has 1 aromatic rings. The predicted molar refractivity (Wildman–Crippen MR) is 85.4 cm³/mol. The van der Waals surface area contributed by atoms with Crippen LogP contribution in [0.3, 0.4) is 0 Å². The van der Waals surface area contributed by atoms with Crippen molar-refractivity contribution in [3.63, 3.8) is 0 Å². The van der Waals surface area contributed by atoms with Gasteiger partial charge >= 0.3 is 0 Å². The Morgan fingerprint density at radius 2 is 2.05 bits per heavy atom. The van der Waals surface area contributed by atoms with Crippen LogP contribution < -0.4 is 10.5 Å². The Balaban J connectivity index is 1.98. The van der Waals surface area contributed by atoms with E-state index in [0.717, 1.165) is 23.9 Å². The zero-order valence-electron chi connectivity index (χ0n) is 12.9. The summed E-state index contributed by atoms with van der Waals surface area (Å²) in [6.45, 7) is 5.38. The maximum atomic E-state index is 11.4. The maximum absolute atomic E-state index is 11.4. The zero-order valence-corrected chi connectivity index (χ0v) is 13.7. The van der Waals surface area contributed by atoms with E-state index in [2.05, 4.69) is 19.2 Å². The smallest absolute Gasteiger partial charge is 0.238 e. The Morgan fingerprint density at radius 1 is 1.33 bits per heavy atom. The van der Waals surface area contributed by atoms with E-state index >= 15 is 0 Å². The van der Waals surface area contributed by atoms with Crippen LogP contribution in [0.1, 0.15) is 51.1 Å². The van der Waals surface area contributed by atoms with Gasteiger partial charge in [0, 0.05) is 6.04 Å². The molecule has 4 nitrogen and oxygen atoms in total. The summed E-state index contributed by atoms with van der Waals surface area (Å²) in [5.74, 6) is 1.50. The first-order valence-electron chi connectivity index (χ1n) is 7.74. The Bertz CT molecular complexity index is 571. The topological polar surface area (TPSA) is 72.2 Å². The SMILES string of the molecule is CC(NCC1CCCCC1C)c1cccc(S(N)(=O)=O)c1. The molecule has 5 heteroatoms. The number of nitrogens with one attached hydrogen (secondary N) is 1. The van der Waals surface area contributed by atoms with Crippen LogP contribution in [0, 0.1) is 11.8 Å². The number of nitrogens with two attached hydrogens (primary N) is 1. The van der Waals surface area contributed by atoms with E-state index in [1.165, 1.54) is 31.7 Å².